The van der Waals surface area contributed by atoms with E-state index in [0.29, 0.717) is 12.3 Å². The summed E-state index contributed by atoms with van der Waals surface area (Å²) in [6, 6.07) is 0. The van der Waals surface area contributed by atoms with Crippen LogP contribution in [0, 0.1) is 0 Å². The quantitative estimate of drug-likeness (QED) is 0.459. The van der Waals surface area contributed by atoms with Crippen molar-refractivity contribution < 1.29 is 0 Å². The first-order chi connectivity index (χ1) is 5.95. The lowest BCUT2D eigenvalue weighted by molar-refractivity contribution is 0.0302. The minimum Gasteiger partial charge on any atom is -0.298 e. The van der Waals surface area contributed by atoms with Gasteiger partial charge in [0.1, 0.15) is 0 Å². The fourth-order valence-electron chi connectivity index (χ4n) is 2.67. The van der Waals surface area contributed by atoms with E-state index in [2.05, 4.69) is 20.4 Å². The molecule has 0 amide bonds. The molecule has 3 heterocycles. The fraction of sp³-hybridized carbons (Fsp3) is 1.00. The molecule has 0 unspecified atom stereocenters. The molecule has 12 heavy (non-hydrogen) atoms. The third kappa shape index (κ3) is 0.925. The van der Waals surface area contributed by atoms with Crippen molar-refractivity contribution in [2.75, 3.05) is 39.3 Å². The van der Waals surface area contributed by atoms with Gasteiger partial charge in [-0.2, -0.15) is 0 Å². The van der Waals surface area contributed by atoms with Crippen molar-refractivity contribution in [3.63, 3.8) is 0 Å². The number of piperazine rings is 2. The van der Waals surface area contributed by atoms with E-state index < -0.39 is 0 Å². The Morgan fingerprint density at radius 1 is 0.833 bits per heavy atom. The van der Waals surface area contributed by atoms with Crippen molar-refractivity contribution in [3.8, 4) is 0 Å². The van der Waals surface area contributed by atoms with Crippen LogP contribution in [0.3, 0.4) is 0 Å². The fourth-order valence-corrected chi connectivity index (χ4v) is 2.67. The molecule has 4 heteroatoms. The van der Waals surface area contributed by atoms with Crippen LogP contribution in [-0.2, 0) is 0 Å². The van der Waals surface area contributed by atoms with Crippen LogP contribution in [0.1, 0.15) is 0 Å². The van der Waals surface area contributed by atoms with Crippen LogP contribution >= 0.6 is 0 Å². The average Bonchev–Trinajstić information content (AvgIpc) is 2.52. The molecule has 0 saturated carbocycles. The minimum absolute atomic E-state index is 0.523. The van der Waals surface area contributed by atoms with Crippen LogP contribution in [-0.4, -0.2) is 61.4 Å². The van der Waals surface area contributed by atoms with Gasteiger partial charge in [-0.1, -0.05) is 0 Å². The smallest absolute Gasteiger partial charge is 0.0918 e. The summed E-state index contributed by atoms with van der Waals surface area (Å²) in [6.07, 6.45) is 1.17. The van der Waals surface area contributed by atoms with Crippen molar-refractivity contribution in [2.45, 2.75) is 12.3 Å². The molecule has 3 aliphatic rings. The van der Waals surface area contributed by atoms with Crippen molar-refractivity contribution in [1.29, 1.82) is 0 Å². The van der Waals surface area contributed by atoms with Crippen LogP contribution in [0.15, 0.2) is 0 Å². The van der Waals surface area contributed by atoms with Gasteiger partial charge >= 0.3 is 0 Å². The molecule has 0 aromatic carbocycles. The van der Waals surface area contributed by atoms with E-state index in [1.165, 1.54) is 26.2 Å². The molecule has 0 aliphatic carbocycles. The molecule has 3 fully saturated rings. The van der Waals surface area contributed by atoms with Crippen LogP contribution in [0.5, 0.6) is 0 Å². The van der Waals surface area contributed by atoms with Crippen molar-refractivity contribution >= 4 is 0 Å². The Morgan fingerprint density at radius 2 is 1.42 bits per heavy atom. The highest BCUT2D eigenvalue weighted by Gasteiger charge is 2.41. The molecule has 0 atom stereocenters. The summed E-state index contributed by atoms with van der Waals surface area (Å²) in [7, 11) is 0. The molecule has 3 rings (SSSR count). The summed E-state index contributed by atoms with van der Waals surface area (Å²) in [6.45, 7) is 7.26. The lowest BCUT2D eigenvalue weighted by Crippen LogP contribution is -2.68. The van der Waals surface area contributed by atoms with E-state index in [1.807, 2.05) is 0 Å². The van der Waals surface area contributed by atoms with Gasteiger partial charge in [-0.25, -0.2) is 0 Å². The SMILES string of the molecule is C1CN2CCN3CCNC(N1)C23. The number of hydrogen-bond donors (Lipinski definition) is 2. The molecular weight excluding hydrogens is 152 g/mol. The van der Waals surface area contributed by atoms with Crippen LogP contribution in [0.4, 0.5) is 0 Å². The first-order valence-corrected chi connectivity index (χ1v) is 4.90. The highest BCUT2D eigenvalue weighted by atomic mass is 15.5. The van der Waals surface area contributed by atoms with Gasteiger partial charge in [0.15, 0.2) is 0 Å². The third-order valence-corrected chi connectivity index (χ3v) is 3.25. The lowest BCUT2D eigenvalue weighted by atomic mass is 10.2. The Kier molecular flexibility index (Phi) is 1.61. The zero-order valence-electron chi connectivity index (χ0n) is 7.29. The number of nitrogens with zero attached hydrogens (tertiary/aromatic N) is 2. The van der Waals surface area contributed by atoms with E-state index in [-0.39, 0.29) is 0 Å². The molecule has 0 spiro atoms. The zero-order chi connectivity index (χ0) is 7.97. The monoisotopic (exact) mass is 168 g/mol. The summed E-state index contributed by atoms with van der Waals surface area (Å²) in [4.78, 5) is 5.18. The van der Waals surface area contributed by atoms with Crippen LogP contribution < -0.4 is 10.6 Å². The Labute approximate surface area is 72.9 Å². The Balaban J connectivity index is 1.84. The van der Waals surface area contributed by atoms with E-state index in [1.54, 1.807) is 0 Å². The van der Waals surface area contributed by atoms with E-state index in [9.17, 15) is 0 Å². The molecule has 0 aromatic rings. The van der Waals surface area contributed by atoms with Gasteiger partial charge in [0.2, 0.25) is 0 Å². The number of hydrogen-bond acceptors (Lipinski definition) is 4. The molecule has 2 N–H and O–H groups in total. The highest BCUT2D eigenvalue weighted by molar-refractivity contribution is 4.95. The van der Waals surface area contributed by atoms with Gasteiger partial charge in [0.25, 0.3) is 0 Å². The maximum Gasteiger partial charge on any atom is 0.0918 e. The van der Waals surface area contributed by atoms with Gasteiger partial charge < -0.3 is 0 Å². The highest BCUT2D eigenvalue weighted by Crippen LogP contribution is 2.20. The van der Waals surface area contributed by atoms with E-state index >= 15 is 0 Å². The summed E-state index contributed by atoms with van der Waals surface area (Å²) in [5, 5.41) is 7.05. The first kappa shape index (κ1) is 7.26. The van der Waals surface area contributed by atoms with Gasteiger partial charge in [-0.15, -0.1) is 0 Å². The maximum atomic E-state index is 3.53. The largest absolute Gasteiger partial charge is 0.298 e. The van der Waals surface area contributed by atoms with Crippen molar-refractivity contribution in [1.82, 2.24) is 20.4 Å². The van der Waals surface area contributed by atoms with Gasteiger partial charge in [0, 0.05) is 39.3 Å². The van der Waals surface area contributed by atoms with Crippen molar-refractivity contribution in [3.05, 3.63) is 0 Å². The summed E-state index contributed by atoms with van der Waals surface area (Å²) in [5.74, 6) is 0. The molecule has 68 valence electrons. The Hall–Kier alpha value is -0.160. The Bertz CT molecular complexity index is 166. The van der Waals surface area contributed by atoms with E-state index in [0.717, 1.165) is 13.1 Å². The normalized spacial score (nSPS) is 43.0. The summed E-state index contributed by atoms with van der Waals surface area (Å²) in [5.41, 5.74) is 0. The summed E-state index contributed by atoms with van der Waals surface area (Å²) >= 11 is 0. The van der Waals surface area contributed by atoms with Crippen LogP contribution in [0.25, 0.3) is 0 Å². The molecular formula is C8H16N4. The second-order valence-corrected chi connectivity index (χ2v) is 3.87. The minimum atomic E-state index is 0.523. The van der Waals surface area contributed by atoms with E-state index in [4.69, 9.17) is 0 Å². The van der Waals surface area contributed by atoms with Gasteiger partial charge in [0.05, 0.1) is 12.3 Å². The number of rotatable bonds is 0. The molecule has 0 bridgehead atoms. The zero-order valence-corrected chi connectivity index (χ0v) is 7.29. The second-order valence-electron chi connectivity index (χ2n) is 3.87. The second kappa shape index (κ2) is 2.67. The Morgan fingerprint density at radius 3 is 2.00 bits per heavy atom. The molecule has 0 radical (unpaired) electrons. The predicted octanol–water partition coefficient (Wildman–Crippen LogP) is -1.54. The first-order valence-electron chi connectivity index (χ1n) is 4.90. The third-order valence-electron chi connectivity index (χ3n) is 3.25. The standard InChI is InChI=1S/C8H16N4/c1-3-11-5-6-12-4-2-10-7(9-1)8(11)12/h7-10H,1-6H2. The van der Waals surface area contributed by atoms with Gasteiger partial charge in [-0.05, 0) is 0 Å². The number of nitrogens with one attached hydrogen (secondary N) is 2. The predicted molar refractivity (Wildman–Crippen MR) is 46.7 cm³/mol. The molecule has 3 aliphatic heterocycles. The van der Waals surface area contributed by atoms with Crippen molar-refractivity contribution in [2.24, 2.45) is 0 Å². The van der Waals surface area contributed by atoms with Crippen LogP contribution in [0.2, 0.25) is 0 Å². The maximum absolute atomic E-state index is 3.53. The lowest BCUT2D eigenvalue weighted by Gasteiger charge is -2.44. The van der Waals surface area contributed by atoms with Gasteiger partial charge in [-0.3, -0.25) is 20.4 Å². The molecule has 0 aromatic heterocycles. The average molecular weight is 168 g/mol. The molecule has 3 saturated heterocycles. The topological polar surface area (TPSA) is 30.5 Å². The molecule has 4 nitrogen and oxygen atoms in total. The summed E-state index contributed by atoms with van der Waals surface area (Å²) < 4.78 is 0.